The number of hydrazine groups is 1. The number of hydrogen-bond donors (Lipinski definition) is 2. The lowest BCUT2D eigenvalue weighted by molar-refractivity contribution is -0.157. The minimum absolute atomic E-state index is 0.0942. The molecule has 4 aromatic rings. The zero-order valence-corrected chi connectivity index (χ0v) is 40.2. The highest BCUT2D eigenvalue weighted by molar-refractivity contribution is 7.10. The standard InChI is InChI=1S/C50H64N8O8S/c1-29(62-5)41-36(18-33(22-51-41)32-10-12-55(4)23-32)43-37-21-49(2,3)28-65-47(60)38-7-6-11-57(54-38)46(59)42(53-48(61)50-19-30(20-50)24-66-50)44(56-13-15-63-16-14-56)45-52-39(27-67-45)31-8-9-40(35(37)17-31)58(43)34-25-64-26-34/h8-9,17-18,22,27,29-30,32,34,38,42,44,54H,6-7,10-16,19-21,23-26,28H2,1-5H3,(H,53,61)/t29-,30?,32+,38-,42-,44-,50?/m0/s1. The molecule has 3 aromatic heterocycles. The number of esters is 1. The lowest BCUT2D eigenvalue weighted by atomic mass is 9.74. The first-order valence-electron chi connectivity index (χ1n) is 24.3. The zero-order chi connectivity index (χ0) is 46.2. The summed E-state index contributed by atoms with van der Waals surface area (Å²) in [6, 6.07) is 6.67. The molecule has 8 aliphatic rings. The Labute approximate surface area is 395 Å². The fraction of sp³-hybridized carbons (Fsp3) is 0.620. The number of amides is 2. The number of cyclic esters (lactones) is 1. The number of methoxy groups -OCH3 is 1. The molecule has 10 heterocycles. The maximum Gasteiger partial charge on any atom is 0.324 e. The van der Waals surface area contributed by atoms with Crippen molar-refractivity contribution < 1.29 is 38.1 Å². The molecule has 17 heteroatoms. The number of nitrogens with zero attached hydrogens (tertiary/aromatic N) is 6. The molecule has 1 saturated carbocycles. The number of hydrogen-bond acceptors (Lipinski definition) is 14. The molecule has 6 saturated heterocycles. The summed E-state index contributed by atoms with van der Waals surface area (Å²) < 4.78 is 32.6. The van der Waals surface area contributed by atoms with Gasteiger partial charge in [-0.15, -0.1) is 11.3 Å². The molecule has 8 bridgehead atoms. The highest BCUT2D eigenvalue weighted by Gasteiger charge is 2.58. The van der Waals surface area contributed by atoms with Crippen LogP contribution in [-0.4, -0.2) is 151 Å². The highest BCUT2D eigenvalue weighted by atomic mass is 32.1. The van der Waals surface area contributed by atoms with Crippen LogP contribution in [-0.2, 0) is 44.5 Å². The Morgan fingerprint density at radius 2 is 1.87 bits per heavy atom. The maximum atomic E-state index is 15.1. The molecule has 0 radical (unpaired) electrons. The van der Waals surface area contributed by atoms with Gasteiger partial charge >= 0.3 is 5.97 Å². The molecule has 7 aliphatic heterocycles. The van der Waals surface area contributed by atoms with Crippen molar-refractivity contribution >= 4 is 40.0 Å². The summed E-state index contributed by atoms with van der Waals surface area (Å²) >= 11 is 1.50. The van der Waals surface area contributed by atoms with Gasteiger partial charge in [-0.05, 0) is 100 Å². The van der Waals surface area contributed by atoms with Crippen LogP contribution in [0.2, 0.25) is 0 Å². The van der Waals surface area contributed by atoms with Crippen LogP contribution in [0.4, 0.5) is 0 Å². The number of carbonyl (C=O) groups is 3. The third kappa shape index (κ3) is 8.30. The zero-order valence-electron chi connectivity index (χ0n) is 39.4. The average Bonchev–Trinajstić information content (AvgIpc) is 4.17. The van der Waals surface area contributed by atoms with Crippen molar-refractivity contribution in [2.75, 3.05) is 86.5 Å². The molecule has 12 rings (SSSR count). The topological polar surface area (TPSA) is 162 Å². The van der Waals surface area contributed by atoms with Gasteiger partial charge in [0.2, 0.25) is 0 Å². The van der Waals surface area contributed by atoms with Gasteiger partial charge in [-0.1, -0.05) is 19.9 Å². The van der Waals surface area contributed by atoms with Crippen LogP contribution in [0, 0.1) is 11.3 Å². The van der Waals surface area contributed by atoms with E-state index in [0.717, 1.165) is 64.2 Å². The molecule has 1 aliphatic carbocycles. The van der Waals surface area contributed by atoms with E-state index in [1.807, 2.05) is 6.20 Å². The molecule has 2 amide bonds. The van der Waals surface area contributed by atoms with E-state index in [-0.39, 0.29) is 30.6 Å². The first kappa shape index (κ1) is 45.1. The Morgan fingerprint density at radius 3 is 2.58 bits per heavy atom. The largest absolute Gasteiger partial charge is 0.464 e. The number of pyridine rings is 1. The molecule has 358 valence electrons. The molecule has 67 heavy (non-hydrogen) atoms. The Bertz CT molecular complexity index is 2540. The van der Waals surface area contributed by atoms with E-state index in [4.69, 9.17) is 33.7 Å². The Hall–Kier alpha value is -4.33. The summed E-state index contributed by atoms with van der Waals surface area (Å²) in [5.74, 6) is -0.298. The lowest BCUT2D eigenvalue weighted by Crippen LogP contribution is -2.65. The van der Waals surface area contributed by atoms with E-state index < -0.39 is 35.1 Å². The van der Waals surface area contributed by atoms with E-state index in [9.17, 15) is 9.59 Å². The quantitative estimate of drug-likeness (QED) is 0.223. The summed E-state index contributed by atoms with van der Waals surface area (Å²) in [6.45, 7) is 12.7. The van der Waals surface area contributed by atoms with Crippen molar-refractivity contribution in [3.8, 4) is 22.5 Å². The van der Waals surface area contributed by atoms with Crippen molar-refractivity contribution in [1.29, 1.82) is 0 Å². The molecule has 0 spiro atoms. The Morgan fingerprint density at radius 1 is 1.04 bits per heavy atom. The van der Waals surface area contributed by atoms with Crippen molar-refractivity contribution in [1.82, 2.24) is 40.1 Å². The molecule has 16 nitrogen and oxygen atoms in total. The molecular weight excluding hydrogens is 873 g/mol. The summed E-state index contributed by atoms with van der Waals surface area (Å²) in [7, 11) is 3.92. The second-order valence-corrected chi connectivity index (χ2v) is 21.8. The molecular formula is C50H64N8O8S. The van der Waals surface area contributed by atoms with E-state index in [2.05, 4.69) is 82.6 Å². The second-order valence-electron chi connectivity index (χ2n) is 20.9. The first-order valence-corrected chi connectivity index (χ1v) is 25.2. The number of morpholine rings is 1. The Kier molecular flexibility index (Phi) is 12.0. The summed E-state index contributed by atoms with van der Waals surface area (Å²) in [4.78, 5) is 58.8. The number of ether oxygens (including phenoxy) is 5. The number of fused-ring (bicyclic) bond motifs is 7. The number of benzene rings is 1. The molecule has 0 unspecified atom stereocenters. The van der Waals surface area contributed by atoms with Crippen molar-refractivity contribution in [3.05, 3.63) is 57.7 Å². The average molecular weight is 937 g/mol. The van der Waals surface area contributed by atoms with Gasteiger partial charge in [-0.3, -0.25) is 29.3 Å². The van der Waals surface area contributed by atoms with Gasteiger partial charge < -0.3 is 38.5 Å². The van der Waals surface area contributed by atoms with Gasteiger partial charge in [-0.2, -0.15) is 0 Å². The third-order valence-electron chi connectivity index (χ3n) is 15.5. The predicted octanol–water partition coefficient (Wildman–Crippen LogP) is 5.18. The van der Waals surface area contributed by atoms with Crippen LogP contribution in [0.1, 0.15) is 98.8 Å². The predicted molar refractivity (Wildman–Crippen MR) is 251 cm³/mol. The summed E-state index contributed by atoms with van der Waals surface area (Å²) in [6.07, 6.45) is 5.80. The van der Waals surface area contributed by atoms with Gasteiger partial charge in [0, 0.05) is 72.3 Å². The minimum Gasteiger partial charge on any atom is -0.464 e. The van der Waals surface area contributed by atoms with Crippen LogP contribution in [0.15, 0.2) is 35.8 Å². The number of likely N-dealkylation sites (N-methyl/N-ethyl adjacent to an activating group) is 1. The van der Waals surface area contributed by atoms with E-state index in [1.165, 1.54) is 21.9 Å². The smallest absolute Gasteiger partial charge is 0.324 e. The number of rotatable bonds is 8. The normalized spacial score (nSPS) is 29.9. The number of nitrogens with one attached hydrogen (secondary N) is 2. The van der Waals surface area contributed by atoms with Gasteiger partial charge in [0.05, 0.1) is 74.9 Å². The maximum absolute atomic E-state index is 15.1. The fourth-order valence-electron chi connectivity index (χ4n) is 11.6. The fourth-order valence-corrected chi connectivity index (χ4v) is 12.6. The number of aromatic nitrogens is 3. The SMILES string of the molecule is CO[C@@H](C)c1ncc([C@@H]2CCN(C)C2)cc1-c1c2c3cc(ccc3n1C1COC1)-c1csc(n1)[C@@H](N1CCOCC1)[C@H](NC(=O)C13CC(CO1)C3)C(=O)N1CCC[C@H](N1)C(=O)OCC(C)(C)C2. The summed E-state index contributed by atoms with van der Waals surface area (Å²) in [5, 5.41) is 8.63. The summed E-state index contributed by atoms with van der Waals surface area (Å²) in [5.41, 5.74) is 9.99. The van der Waals surface area contributed by atoms with Crippen LogP contribution < -0.4 is 10.7 Å². The monoisotopic (exact) mass is 936 g/mol. The molecule has 1 aromatic carbocycles. The first-order chi connectivity index (χ1) is 32.4. The van der Waals surface area contributed by atoms with Crippen molar-refractivity contribution in [2.24, 2.45) is 11.3 Å². The van der Waals surface area contributed by atoms with Crippen molar-refractivity contribution in [2.45, 2.75) is 101 Å². The van der Waals surface area contributed by atoms with Crippen LogP contribution in [0.3, 0.4) is 0 Å². The molecule has 7 fully saturated rings. The third-order valence-corrected chi connectivity index (χ3v) is 16.4. The van der Waals surface area contributed by atoms with Crippen LogP contribution in [0.25, 0.3) is 33.4 Å². The van der Waals surface area contributed by atoms with E-state index in [0.29, 0.717) is 102 Å². The van der Waals surface area contributed by atoms with E-state index >= 15 is 4.79 Å². The van der Waals surface area contributed by atoms with Crippen molar-refractivity contribution in [3.63, 3.8) is 0 Å². The van der Waals surface area contributed by atoms with Crippen LogP contribution >= 0.6 is 11.3 Å². The van der Waals surface area contributed by atoms with Gasteiger partial charge in [0.25, 0.3) is 11.8 Å². The van der Waals surface area contributed by atoms with Crippen LogP contribution in [0.5, 0.6) is 0 Å². The minimum atomic E-state index is -1.03. The highest BCUT2D eigenvalue weighted by Crippen LogP contribution is 2.49. The molecule has 5 atom stereocenters. The van der Waals surface area contributed by atoms with Gasteiger partial charge in [-0.25, -0.2) is 10.4 Å². The van der Waals surface area contributed by atoms with Gasteiger partial charge in [0.15, 0.2) is 0 Å². The second kappa shape index (κ2) is 17.9. The molecule has 2 N–H and O–H groups in total. The number of carbonyl (C=O) groups excluding carboxylic acids is 3. The number of likely N-dealkylation sites (tertiary alicyclic amines) is 1. The lowest BCUT2D eigenvalue weighted by Gasteiger charge is -2.42. The van der Waals surface area contributed by atoms with Gasteiger partial charge in [0.1, 0.15) is 22.7 Å². The Balaban J connectivity index is 1.09. The van der Waals surface area contributed by atoms with E-state index in [1.54, 1.807) is 7.11 Å². The number of thiazole rings is 1.